The van der Waals surface area contributed by atoms with E-state index in [0.717, 1.165) is 64.4 Å². The maximum Gasteiger partial charge on any atom is 0.161 e. The molecule has 6 nitrogen and oxygen atoms in total. The number of nitrogens with zero attached hydrogens (tertiary/aromatic N) is 3. The number of anilines is 3. The van der Waals surface area contributed by atoms with Gasteiger partial charge in [0.05, 0.1) is 36.3 Å². The minimum absolute atomic E-state index is 0.461. The Morgan fingerprint density at radius 2 is 0.667 bits per heavy atom. The number of fused-ring (bicyclic) bond motifs is 6. The van der Waals surface area contributed by atoms with Crippen molar-refractivity contribution in [2.24, 2.45) is 0 Å². The summed E-state index contributed by atoms with van der Waals surface area (Å²) < 4.78 is 22.7. The highest BCUT2D eigenvalue weighted by Crippen LogP contribution is 2.50. The maximum atomic E-state index is 6.51. The SMILES string of the molecule is Brc1ccc(N2COc3c(c4c(c5c3CN(c3ccc(Br)cc3)CO5)CN(c3ccc(Br)cc3)CO4)C2)cc1. The lowest BCUT2D eigenvalue weighted by Gasteiger charge is -2.41. The second-order valence-electron chi connectivity index (χ2n) is 9.77. The Balaban J connectivity index is 1.30. The van der Waals surface area contributed by atoms with Crippen molar-refractivity contribution in [1.82, 2.24) is 0 Å². The van der Waals surface area contributed by atoms with Gasteiger partial charge in [0, 0.05) is 30.5 Å². The number of benzene rings is 4. The molecule has 0 fully saturated rings. The molecule has 0 saturated carbocycles. The Morgan fingerprint density at radius 1 is 0.410 bits per heavy atom. The Hall–Kier alpha value is -2.88. The molecule has 4 aromatic rings. The summed E-state index contributed by atoms with van der Waals surface area (Å²) in [5.74, 6) is 2.66. The summed E-state index contributed by atoms with van der Waals surface area (Å²) in [6.45, 7) is 3.48. The molecule has 3 aliphatic rings. The van der Waals surface area contributed by atoms with Gasteiger partial charge in [-0.3, -0.25) is 0 Å². The molecule has 0 amide bonds. The number of hydrogen-bond acceptors (Lipinski definition) is 6. The first-order chi connectivity index (χ1) is 19.0. The van der Waals surface area contributed by atoms with Crippen LogP contribution >= 0.6 is 47.8 Å². The molecule has 198 valence electrons. The van der Waals surface area contributed by atoms with Crippen LogP contribution in [0, 0.1) is 0 Å². The molecule has 0 bridgehead atoms. The van der Waals surface area contributed by atoms with Crippen molar-refractivity contribution >= 4 is 64.9 Å². The van der Waals surface area contributed by atoms with E-state index < -0.39 is 0 Å². The average Bonchev–Trinajstić information content (AvgIpc) is 2.98. The summed E-state index contributed by atoms with van der Waals surface area (Å²) in [4.78, 5) is 6.71. The summed E-state index contributed by atoms with van der Waals surface area (Å²) in [5.41, 5.74) is 6.56. The van der Waals surface area contributed by atoms with Gasteiger partial charge < -0.3 is 28.9 Å². The molecule has 9 heteroatoms. The van der Waals surface area contributed by atoms with Gasteiger partial charge in [0.1, 0.15) is 17.2 Å². The number of ether oxygens (including phenoxy) is 3. The van der Waals surface area contributed by atoms with Gasteiger partial charge in [-0.2, -0.15) is 0 Å². The molecule has 0 spiro atoms. The van der Waals surface area contributed by atoms with Crippen LogP contribution in [-0.4, -0.2) is 20.2 Å². The van der Waals surface area contributed by atoms with E-state index >= 15 is 0 Å². The Labute approximate surface area is 252 Å². The Kier molecular flexibility index (Phi) is 6.61. The van der Waals surface area contributed by atoms with Gasteiger partial charge in [-0.25, -0.2) is 0 Å². The highest BCUT2D eigenvalue weighted by atomic mass is 79.9. The Morgan fingerprint density at radius 3 is 0.923 bits per heavy atom. The summed E-state index contributed by atoms with van der Waals surface area (Å²) in [5, 5.41) is 0. The zero-order valence-corrected chi connectivity index (χ0v) is 25.6. The van der Waals surface area contributed by atoms with Crippen molar-refractivity contribution in [2.75, 3.05) is 34.9 Å². The van der Waals surface area contributed by atoms with E-state index in [2.05, 4.69) is 135 Å². The Bertz CT molecular complexity index is 1320. The van der Waals surface area contributed by atoms with E-state index in [0.29, 0.717) is 39.8 Å². The monoisotopic (exact) mass is 711 g/mol. The third-order valence-electron chi connectivity index (χ3n) is 7.36. The van der Waals surface area contributed by atoms with Crippen molar-refractivity contribution in [2.45, 2.75) is 19.6 Å². The summed E-state index contributed by atoms with van der Waals surface area (Å²) >= 11 is 10.6. The first-order valence-electron chi connectivity index (χ1n) is 12.6. The molecular formula is C30H24Br3N3O3. The topological polar surface area (TPSA) is 37.4 Å². The predicted molar refractivity (Wildman–Crippen MR) is 164 cm³/mol. The fourth-order valence-electron chi connectivity index (χ4n) is 5.40. The first-order valence-corrected chi connectivity index (χ1v) is 15.0. The predicted octanol–water partition coefficient (Wildman–Crippen LogP) is 8.04. The first kappa shape index (κ1) is 25.1. The normalized spacial score (nSPS) is 15.9. The lowest BCUT2D eigenvalue weighted by Crippen LogP contribution is -2.39. The molecule has 0 aromatic heterocycles. The molecule has 0 saturated heterocycles. The molecule has 0 unspecified atom stereocenters. The molecule has 3 aliphatic heterocycles. The van der Waals surface area contributed by atoms with E-state index in [1.807, 2.05) is 0 Å². The summed E-state index contributed by atoms with van der Waals surface area (Å²) in [6, 6.07) is 25.0. The third kappa shape index (κ3) is 4.74. The highest BCUT2D eigenvalue weighted by Gasteiger charge is 2.36. The van der Waals surface area contributed by atoms with Gasteiger partial charge in [0.15, 0.2) is 20.2 Å². The zero-order valence-electron chi connectivity index (χ0n) is 20.9. The van der Waals surface area contributed by atoms with E-state index in [9.17, 15) is 0 Å². The number of halogens is 3. The van der Waals surface area contributed by atoms with Crippen molar-refractivity contribution < 1.29 is 14.2 Å². The average molecular weight is 714 g/mol. The molecule has 0 radical (unpaired) electrons. The van der Waals surface area contributed by atoms with Crippen molar-refractivity contribution in [3.05, 3.63) is 103 Å². The van der Waals surface area contributed by atoms with Crippen LogP contribution in [0.2, 0.25) is 0 Å². The second-order valence-corrected chi connectivity index (χ2v) is 12.5. The highest BCUT2D eigenvalue weighted by molar-refractivity contribution is 9.11. The van der Waals surface area contributed by atoms with Gasteiger partial charge in [-0.15, -0.1) is 0 Å². The van der Waals surface area contributed by atoms with Gasteiger partial charge in [0.25, 0.3) is 0 Å². The number of hydrogen-bond donors (Lipinski definition) is 0. The molecule has 39 heavy (non-hydrogen) atoms. The lowest BCUT2D eigenvalue weighted by molar-refractivity contribution is 0.234. The van der Waals surface area contributed by atoms with Crippen LogP contribution in [0.4, 0.5) is 17.1 Å². The van der Waals surface area contributed by atoms with Crippen LogP contribution in [0.15, 0.2) is 86.2 Å². The van der Waals surface area contributed by atoms with Crippen LogP contribution < -0.4 is 28.9 Å². The van der Waals surface area contributed by atoms with Gasteiger partial charge >= 0.3 is 0 Å². The molecular weight excluding hydrogens is 690 g/mol. The van der Waals surface area contributed by atoms with E-state index in [4.69, 9.17) is 14.2 Å². The van der Waals surface area contributed by atoms with Crippen LogP contribution in [-0.2, 0) is 19.6 Å². The summed E-state index contributed by atoms with van der Waals surface area (Å²) in [6.07, 6.45) is 0. The van der Waals surface area contributed by atoms with Crippen LogP contribution in [0.1, 0.15) is 16.7 Å². The lowest BCUT2D eigenvalue weighted by atomic mass is 9.96. The minimum Gasteiger partial charge on any atom is -0.472 e. The van der Waals surface area contributed by atoms with Crippen molar-refractivity contribution in [1.29, 1.82) is 0 Å². The standard InChI is InChI=1S/C30H24Br3N3O3/c31-19-1-7-22(8-2-19)34-13-25-28(37-16-34)26-14-35(23-9-3-20(32)4-10-23)18-39-30(26)27-15-36(17-38-29(25)27)24-11-5-21(33)6-12-24/h1-12H,13-18H2. The van der Waals surface area contributed by atoms with E-state index in [1.165, 1.54) is 0 Å². The van der Waals surface area contributed by atoms with Crippen LogP contribution in [0.3, 0.4) is 0 Å². The fraction of sp³-hybridized carbons (Fsp3) is 0.200. The molecule has 4 aromatic carbocycles. The molecule has 3 heterocycles. The molecule has 0 aliphatic carbocycles. The third-order valence-corrected chi connectivity index (χ3v) is 8.95. The second kappa shape index (κ2) is 10.3. The largest absolute Gasteiger partial charge is 0.472 e. The van der Waals surface area contributed by atoms with E-state index in [1.54, 1.807) is 0 Å². The van der Waals surface area contributed by atoms with Gasteiger partial charge in [-0.1, -0.05) is 47.8 Å². The molecule has 7 rings (SSSR count). The quantitative estimate of drug-likeness (QED) is 0.214. The number of rotatable bonds is 3. The van der Waals surface area contributed by atoms with Crippen molar-refractivity contribution in [3.63, 3.8) is 0 Å². The van der Waals surface area contributed by atoms with Crippen LogP contribution in [0.5, 0.6) is 17.2 Å². The smallest absolute Gasteiger partial charge is 0.161 e. The maximum absolute atomic E-state index is 6.51. The van der Waals surface area contributed by atoms with Crippen LogP contribution in [0.25, 0.3) is 0 Å². The van der Waals surface area contributed by atoms with Crippen molar-refractivity contribution in [3.8, 4) is 17.2 Å². The zero-order chi connectivity index (χ0) is 26.5. The van der Waals surface area contributed by atoms with Gasteiger partial charge in [0.2, 0.25) is 0 Å². The van der Waals surface area contributed by atoms with Gasteiger partial charge in [-0.05, 0) is 72.8 Å². The fourth-order valence-corrected chi connectivity index (χ4v) is 6.19. The molecule has 0 atom stereocenters. The minimum atomic E-state index is 0.461. The summed E-state index contributed by atoms with van der Waals surface area (Å²) in [7, 11) is 0. The molecule has 0 N–H and O–H groups in total. The van der Waals surface area contributed by atoms with E-state index in [-0.39, 0.29) is 0 Å².